The zero-order chi connectivity index (χ0) is 17.7. The minimum absolute atomic E-state index is 0.127. The van der Waals surface area contributed by atoms with Gasteiger partial charge in [0.05, 0.1) is 10.5 Å². The molecule has 1 aliphatic rings. The Hall–Kier alpha value is -1.66. The molecule has 2 N–H and O–H groups in total. The standard InChI is InChI=1S/C18H29N3O3/c1-4-14(2)18(3,22)13-19-15-9-11-20(12-10-15)16-5-7-17(8-6-16)21(23)24/h5-8,14-15,19,22H,4,9-13H2,1-3H3. The zero-order valence-electron chi connectivity index (χ0n) is 14.9. The summed E-state index contributed by atoms with van der Waals surface area (Å²) in [6, 6.07) is 7.17. The van der Waals surface area contributed by atoms with Gasteiger partial charge in [0.25, 0.3) is 5.69 Å². The molecule has 24 heavy (non-hydrogen) atoms. The fourth-order valence-electron chi connectivity index (χ4n) is 3.09. The van der Waals surface area contributed by atoms with Crippen molar-refractivity contribution >= 4 is 11.4 Å². The summed E-state index contributed by atoms with van der Waals surface area (Å²) < 4.78 is 0. The first-order chi connectivity index (χ1) is 11.3. The second-order valence-corrected chi connectivity index (χ2v) is 7.08. The second-order valence-electron chi connectivity index (χ2n) is 7.08. The van der Waals surface area contributed by atoms with Crippen LogP contribution in [0.15, 0.2) is 24.3 Å². The molecule has 0 amide bonds. The van der Waals surface area contributed by atoms with Crippen LogP contribution >= 0.6 is 0 Å². The lowest BCUT2D eigenvalue weighted by Gasteiger charge is -2.37. The van der Waals surface area contributed by atoms with Crippen LogP contribution in [0.4, 0.5) is 11.4 Å². The Kier molecular flexibility index (Phi) is 6.18. The van der Waals surface area contributed by atoms with Crippen LogP contribution in [0.1, 0.15) is 40.0 Å². The summed E-state index contributed by atoms with van der Waals surface area (Å²) in [4.78, 5) is 12.6. The summed E-state index contributed by atoms with van der Waals surface area (Å²) in [5, 5.41) is 24.7. The third-order valence-corrected chi connectivity index (χ3v) is 5.34. The van der Waals surface area contributed by atoms with Gasteiger partial charge in [0.15, 0.2) is 0 Å². The van der Waals surface area contributed by atoms with Crippen LogP contribution < -0.4 is 10.2 Å². The highest BCUT2D eigenvalue weighted by Gasteiger charge is 2.28. The van der Waals surface area contributed by atoms with E-state index < -0.39 is 5.60 Å². The highest BCUT2D eigenvalue weighted by molar-refractivity contribution is 5.51. The smallest absolute Gasteiger partial charge is 0.269 e. The van der Waals surface area contributed by atoms with Crippen LogP contribution in [0.3, 0.4) is 0 Å². The molecule has 6 nitrogen and oxygen atoms in total. The van der Waals surface area contributed by atoms with Crippen molar-refractivity contribution in [2.45, 2.75) is 51.7 Å². The Morgan fingerprint density at radius 2 is 1.96 bits per heavy atom. The summed E-state index contributed by atoms with van der Waals surface area (Å²) in [7, 11) is 0. The van der Waals surface area contributed by atoms with E-state index in [1.165, 1.54) is 0 Å². The fourth-order valence-corrected chi connectivity index (χ4v) is 3.09. The number of hydrogen-bond donors (Lipinski definition) is 2. The average molecular weight is 335 g/mol. The van der Waals surface area contributed by atoms with Gasteiger partial charge in [0, 0.05) is 43.5 Å². The van der Waals surface area contributed by atoms with Crippen LogP contribution in [-0.2, 0) is 0 Å². The second kappa shape index (κ2) is 7.94. The molecule has 0 spiro atoms. The number of rotatable bonds is 7. The molecule has 1 aliphatic heterocycles. The Labute approximate surface area is 144 Å². The quantitative estimate of drug-likeness (QED) is 0.592. The number of nitro benzene ring substituents is 1. The number of hydrogen-bond acceptors (Lipinski definition) is 5. The third-order valence-electron chi connectivity index (χ3n) is 5.34. The minimum atomic E-state index is -0.676. The lowest BCUT2D eigenvalue weighted by molar-refractivity contribution is -0.384. The van der Waals surface area contributed by atoms with Crippen LogP contribution in [0.2, 0.25) is 0 Å². The Morgan fingerprint density at radius 1 is 1.38 bits per heavy atom. The van der Waals surface area contributed by atoms with Crippen LogP contribution in [-0.4, -0.2) is 41.3 Å². The van der Waals surface area contributed by atoms with E-state index in [0.29, 0.717) is 12.6 Å². The SMILES string of the molecule is CCC(C)C(C)(O)CNC1CCN(c2ccc([N+](=O)[O-])cc2)CC1. The molecule has 1 aromatic rings. The largest absolute Gasteiger partial charge is 0.389 e. The fraction of sp³-hybridized carbons (Fsp3) is 0.667. The minimum Gasteiger partial charge on any atom is -0.389 e. The monoisotopic (exact) mass is 335 g/mol. The van der Waals surface area contributed by atoms with Gasteiger partial charge in [-0.3, -0.25) is 10.1 Å². The van der Waals surface area contributed by atoms with Gasteiger partial charge in [-0.2, -0.15) is 0 Å². The molecule has 2 atom stereocenters. The van der Waals surface area contributed by atoms with Crippen molar-refractivity contribution in [1.82, 2.24) is 5.32 Å². The molecule has 1 fully saturated rings. The summed E-state index contributed by atoms with van der Waals surface area (Å²) in [6.45, 7) is 8.53. The predicted octanol–water partition coefficient (Wildman–Crippen LogP) is 2.95. The summed E-state index contributed by atoms with van der Waals surface area (Å²) in [5.41, 5.74) is 0.484. The average Bonchev–Trinajstić information content (AvgIpc) is 2.59. The van der Waals surface area contributed by atoms with E-state index in [0.717, 1.165) is 38.0 Å². The Morgan fingerprint density at radius 3 is 2.46 bits per heavy atom. The van der Waals surface area contributed by atoms with Crippen molar-refractivity contribution in [1.29, 1.82) is 0 Å². The number of aliphatic hydroxyl groups is 1. The third kappa shape index (κ3) is 4.68. The van der Waals surface area contributed by atoms with Crippen molar-refractivity contribution < 1.29 is 10.0 Å². The maximum atomic E-state index is 10.7. The normalized spacial score (nSPS) is 19.8. The first-order valence-corrected chi connectivity index (χ1v) is 8.78. The van der Waals surface area contributed by atoms with Gasteiger partial charge in [0.2, 0.25) is 0 Å². The lowest BCUT2D eigenvalue weighted by Crippen LogP contribution is -2.49. The van der Waals surface area contributed by atoms with Crippen molar-refractivity contribution in [3.05, 3.63) is 34.4 Å². The number of benzene rings is 1. The number of non-ortho nitro benzene ring substituents is 1. The number of nitro groups is 1. The first kappa shape index (κ1) is 18.7. The molecule has 0 aromatic heterocycles. The summed E-state index contributed by atoms with van der Waals surface area (Å²) >= 11 is 0. The van der Waals surface area contributed by atoms with E-state index >= 15 is 0 Å². The number of nitrogens with zero attached hydrogens (tertiary/aromatic N) is 2. The van der Waals surface area contributed by atoms with Gasteiger partial charge in [0.1, 0.15) is 0 Å². The maximum absolute atomic E-state index is 10.7. The van der Waals surface area contributed by atoms with Gasteiger partial charge >= 0.3 is 0 Å². The summed E-state index contributed by atoms with van der Waals surface area (Å²) in [5.74, 6) is 0.269. The number of nitrogens with one attached hydrogen (secondary N) is 1. The molecule has 0 aliphatic carbocycles. The van der Waals surface area contributed by atoms with E-state index in [9.17, 15) is 15.2 Å². The maximum Gasteiger partial charge on any atom is 0.269 e. The molecule has 6 heteroatoms. The number of anilines is 1. The molecule has 1 saturated heterocycles. The first-order valence-electron chi connectivity index (χ1n) is 8.78. The Balaban J connectivity index is 1.82. The van der Waals surface area contributed by atoms with Gasteiger partial charge in [-0.05, 0) is 37.8 Å². The molecule has 0 radical (unpaired) electrons. The molecular weight excluding hydrogens is 306 g/mol. The van der Waals surface area contributed by atoms with Crippen LogP contribution in [0.25, 0.3) is 0 Å². The summed E-state index contributed by atoms with van der Waals surface area (Å²) in [6.07, 6.45) is 2.98. The Bertz CT molecular complexity index is 537. The van der Waals surface area contributed by atoms with E-state index in [-0.39, 0.29) is 16.5 Å². The number of piperidine rings is 1. The van der Waals surface area contributed by atoms with Crippen molar-refractivity contribution in [3.63, 3.8) is 0 Å². The topological polar surface area (TPSA) is 78.6 Å². The van der Waals surface area contributed by atoms with Crippen LogP contribution in [0.5, 0.6) is 0 Å². The van der Waals surface area contributed by atoms with E-state index in [4.69, 9.17) is 0 Å². The molecule has 0 saturated carbocycles. The predicted molar refractivity (Wildman–Crippen MR) is 96.4 cm³/mol. The van der Waals surface area contributed by atoms with Crippen molar-refractivity contribution in [2.75, 3.05) is 24.5 Å². The van der Waals surface area contributed by atoms with Gasteiger partial charge in [-0.25, -0.2) is 0 Å². The molecule has 1 heterocycles. The van der Waals surface area contributed by atoms with Crippen LogP contribution in [0, 0.1) is 16.0 Å². The molecule has 0 bridgehead atoms. The van der Waals surface area contributed by atoms with E-state index in [2.05, 4.69) is 24.1 Å². The molecule has 2 rings (SSSR count). The lowest BCUT2D eigenvalue weighted by atomic mass is 9.88. The van der Waals surface area contributed by atoms with Gasteiger partial charge < -0.3 is 15.3 Å². The van der Waals surface area contributed by atoms with E-state index in [1.807, 2.05) is 19.1 Å². The highest BCUT2D eigenvalue weighted by Crippen LogP contribution is 2.24. The van der Waals surface area contributed by atoms with Gasteiger partial charge in [-0.15, -0.1) is 0 Å². The van der Waals surface area contributed by atoms with E-state index in [1.54, 1.807) is 12.1 Å². The van der Waals surface area contributed by atoms with Gasteiger partial charge in [-0.1, -0.05) is 20.3 Å². The van der Waals surface area contributed by atoms with Crippen molar-refractivity contribution in [3.8, 4) is 0 Å². The molecular formula is C18H29N3O3. The molecule has 1 aromatic carbocycles. The highest BCUT2D eigenvalue weighted by atomic mass is 16.6. The molecule has 2 unspecified atom stereocenters. The zero-order valence-corrected chi connectivity index (χ0v) is 14.9. The van der Waals surface area contributed by atoms with Crippen molar-refractivity contribution in [2.24, 2.45) is 5.92 Å². The molecule has 134 valence electrons.